The lowest BCUT2D eigenvalue weighted by Gasteiger charge is -2.41. The van der Waals surface area contributed by atoms with E-state index in [1.54, 1.807) is 84.7 Å². The highest BCUT2D eigenvalue weighted by Crippen LogP contribution is 2.30. The van der Waals surface area contributed by atoms with E-state index in [2.05, 4.69) is 26.6 Å². The minimum Gasteiger partial charge on any atom is -0.480 e. The number of ether oxygens (including phenoxy) is 2. The van der Waals surface area contributed by atoms with Crippen LogP contribution in [0.1, 0.15) is 132 Å². The smallest absolute Gasteiger partial charge is 0.326 e. The number of nitrogens with zero attached hydrogens (tertiary/aromatic N) is 4. The predicted molar refractivity (Wildman–Crippen MR) is 314 cm³/mol. The number of imide groups is 1. The molecule has 0 bridgehead atoms. The molecule has 84 heavy (non-hydrogen) atoms. The maximum Gasteiger partial charge on any atom is 0.326 e. The Morgan fingerprint density at radius 3 is 1.89 bits per heavy atom. The van der Waals surface area contributed by atoms with E-state index in [9.17, 15) is 57.8 Å². The van der Waals surface area contributed by atoms with Crippen LogP contribution in [-0.4, -0.2) is 192 Å². The number of rotatable bonds is 36. The van der Waals surface area contributed by atoms with E-state index in [1.807, 2.05) is 19.9 Å². The Morgan fingerprint density at radius 1 is 0.726 bits per heavy atom. The van der Waals surface area contributed by atoms with Gasteiger partial charge < -0.3 is 61.6 Å². The van der Waals surface area contributed by atoms with Gasteiger partial charge in [0.1, 0.15) is 30.2 Å². The molecule has 0 aromatic heterocycles. The molecule has 0 radical (unpaired) electrons. The molecule has 0 saturated carbocycles. The fraction of sp³-hybridized carbons (Fsp3) is 0.683. The van der Waals surface area contributed by atoms with Crippen molar-refractivity contribution in [2.45, 2.75) is 187 Å². The van der Waals surface area contributed by atoms with Crippen molar-refractivity contribution in [3.05, 3.63) is 48.0 Å². The quantitative estimate of drug-likeness (QED) is 0.0376. The maximum atomic E-state index is 14.9. The number of benzene rings is 1. The molecule has 470 valence electrons. The zero-order valence-electron chi connectivity index (χ0n) is 51.6. The summed E-state index contributed by atoms with van der Waals surface area (Å²) >= 11 is 0. The van der Waals surface area contributed by atoms with Gasteiger partial charge in [0.25, 0.3) is 11.8 Å². The number of carboxylic acid groups (broad SMARTS) is 1. The van der Waals surface area contributed by atoms with Crippen LogP contribution in [0.5, 0.6) is 0 Å². The van der Waals surface area contributed by atoms with Gasteiger partial charge in [-0.05, 0) is 67.8 Å². The van der Waals surface area contributed by atoms with Crippen molar-refractivity contribution >= 4 is 65.2 Å². The molecule has 11 atom stereocenters. The minimum atomic E-state index is -1.24. The Morgan fingerprint density at radius 2 is 1.35 bits per heavy atom. The average molecular weight is 1180 g/mol. The van der Waals surface area contributed by atoms with Crippen molar-refractivity contribution in [2.75, 3.05) is 47.9 Å². The molecule has 1 aromatic rings. The van der Waals surface area contributed by atoms with Gasteiger partial charge in [-0.3, -0.25) is 48.1 Å². The number of likely N-dealkylation sites (tertiary alicyclic amines) is 1. The van der Waals surface area contributed by atoms with Crippen molar-refractivity contribution < 1.29 is 67.3 Å². The summed E-state index contributed by atoms with van der Waals surface area (Å²) in [5.41, 5.74) is 6.04. The number of carbonyl (C=O) groups excluding carboxylic acids is 10. The standard InChI is InChI=1S/C60H96N10O14/c1-14-38(8)52(44(83-12)34-48(74)69-32-22-26-43(69)53(84-13)39(9)54(75)64-42(59(80)81)33-40-23-17-15-18-24-40)68(11)58(79)50(36(4)5)66-56(77)51(37(6)7)67(10)57(78)41(25-21-30-62-60(61)82)63-55(76)49(35(2)3)65-45(71)27-19-16-20-31-70-46(72)28-29-47(70)73/h15,17-18,23-24,28-29,35-39,41-44,49-53H,14,16,19-22,25-27,30-34H2,1-13H3,(H,63,76)(H,64,75)(H,65,71)(H,66,77)(H,80,81)(H3,61,62,82)/t38-,39+,41-,42-,43-,44+,49?,50-,51?,52-,53+/m0/s1. The lowest BCUT2D eigenvalue weighted by molar-refractivity contribution is -0.149. The summed E-state index contributed by atoms with van der Waals surface area (Å²) in [5, 5.41) is 23.6. The molecule has 0 aliphatic carbocycles. The monoisotopic (exact) mass is 1180 g/mol. The largest absolute Gasteiger partial charge is 0.480 e. The van der Waals surface area contributed by atoms with Crippen molar-refractivity contribution in [3.8, 4) is 0 Å². The molecular weight excluding hydrogens is 1080 g/mol. The zero-order chi connectivity index (χ0) is 63.1. The first-order valence-electron chi connectivity index (χ1n) is 29.5. The van der Waals surface area contributed by atoms with E-state index in [0.717, 1.165) is 10.5 Å². The van der Waals surface area contributed by atoms with Gasteiger partial charge in [-0.1, -0.05) is 105 Å². The number of methoxy groups -OCH3 is 2. The lowest BCUT2D eigenvalue weighted by atomic mass is 9.89. The van der Waals surface area contributed by atoms with Crippen LogP contribution >= 0.6 is 0 Å². The number of primary amides is 1. The second kappa shape index (κ2) is 34.7. The Bertz CT molecular complexity index is 2420. The number of hydrogen-bond acceptors (Lipinski definition) is 13. The molecule has 3 rings (SSSR count). The second-order valence-electron chi connectivity index (χ2n) is 23.3. The summed E-state index contributed by atoms with van der Waals surface area (Å²) in [7, 11) is 5.95. The van der Waals surface area contributed by atoms with E-state index in [4.69, 9.17) is 15.2 Å². The third-order valence-electron chi connectivity index (χ3n) is 16.1. The van der Waals surface area contributed by atoms with Crippen LogP contribution in [0.15, 0.2) is 42.5 Å². The van der Waals surface area contributed by atoms with E-state index in [1.165, 1.54) is 43.2 Å². The summed E-state index contributed by atoms with van der Waals surface area (Å²) in [6, 6.07) is 1.16. The summed E-state index contributed by atoms with van der Waals surface area (Å²) in [6.45, 7) is 16.7. The molecule has 11 amide bonds. The van der Waals surface area contributed by atoms with Crippen LogP contribution < -0.4 is 32.3 Å². The first-order valence-corrected chi connectivity index (χ1v) is 29.5. The van der Waals surface area contributed by atoms with Crippen LogP contribution in [0.25, 0.3) is 0 Å². The van der Waals surface area contributed by atoms with Gasteiger partial charge in [-0.15, -0.1) is 0 Å². The van der Waals surface area contributed by atoms with Gasteiger partial charge in [0.2, 0.25) is 41.4 Å². The Labute approximate surface area is 495 Å². The van der Waals surface area contributed by atoms with Gasteiger partial charge in [0.05, 0.1) is 36.6 Å². The highest BCUT2D eigenvalue weighted by atomic mass is 16.5. The predicted octanol–water partition coefficient (Wildman–Crippen LogP) is 2.90. The Hall–Kier alpha value is -6.95. The number of unbranched alkanes of at least 4 members (excludes halogenated alkanes) is 2. The number of carbonyl (C=O) groups is 11. The van der Waals surface area contributed by atoms with Crippen LogP contribution in [0.2, 0.25) is 0 Å². The fourth-order valence-electron chi connectivity index (χ4n) is 11.1. The van der Waals surface area contributed by atoms with Crippen LogP contribution in [0.3, 0.4) is 0 Å². The SMILES string of the molecule is CC[C@H](C)[C@@H]([C@@H](CC(=O)N1CCC[C@H]1[C@H](OC)[C@@H](C)C(=O)N[C@@H](Cc1ccccc1)C(=O)O)OC)N(C)C(=O)[C@@H](NC(=O)C(C(C)C)N(C)C(=O)[C@H](CCCNC(N)=O)NC(=O)C(NC(=O)CCCCCN1C(=O)C=CC1=O)C(C)C)C(C)C. The highest BCUT2D eigenvalue weighted by molar-refractivity contribution is 6.12. The number of likely N-dealkylation sites (N-methyl/N-ethyl adjacent to an activating group) is 2. The lowest BCUT2D eigenvalue weighted by Crippen LogP contribution is -2.62. The van der Waals surface area contributed by atoms with Gasteiger partial charge in [0.15, 0.2) is 0 Å². The average Bonchev–Trinajstić information content (AvgIpc) is 4.24. The molecule has 2 aliphatic heterocycles. The third-order valence-corrected chi connectivity index (χ3v) is 16.1. The van der Waals surface area contributed by atoms with Crippen molar-refractivity contribution in [1.29, 1.82) is 0 Å². The first kappa shape index (κ1) is 71.3. The number of hydrogen-bond donors (Lipinski definition) is 7. The molecule has 2 unspecified atom stereocenters. The molecule has 24 heteroatoms. The number of aliphatic carboxylic acids is 1. The number of carboxylic acids is 1. The molecule has 2 heterocycles. The molecule has 1 aromatic carbocycles. The van der Waals surface area contributed by atoms with Gasteiger partial charge in [0, 0.05) is 72.9 Å². The van der Waals surface area contributed by atoms with Gasteiger partial charge in [-0.25, -0.2) is 9.59 Å². The summed E-state index contributed by atoms with van der Waals surface area (Å²) < 4.78 is 12.0. The molecule has 1 fully saturated rings. The highest BCUT2D eigenvalue weighted by Gasteiger charge is 2.44. The number of nitrogens with one attached hydrogen (secondary N) is 5. The fourth-order valence-corrected chi connectivity index (χ4v) is 11.1. The van der Waals surface area contributed by atoms with Gasteiger partial charge in [-0.2, -0.15) is 0 Å². The summed E-state index contributed by atoms with van der Waals surface area (Å²) in [5.74, 6) is -8.11. The molecule has 8 N–H and O–H groups in total. The normalized spacial score (nSPS) is 17.8. The molecule has 2 aliphatic rings. The van der Waals surface area contributed by atoms with Crippen molar-refractivity contribution in [1.82, 2.24) is 46.2 Å². The van der Waals surface area contributed by atoms with E-state index >= 15 is 0 Å². The molecular formula is C60H96N10O14. The number of nitrogens with two attached hydrogens (primary N) is 1. The van der Waals surface area contributed by atoms with Gasteiger partial charge >= 0.3 is 12.0 Å². The van der Waals surface area contributed by atoms with E-state index in [-0.39, 0.29) is 68.8 Å². The first-order chi connectivity index (χ1) is 39.6. The van der Waals surface area contributed by atoms with Crippen LogP contribution in [0, 0.1) is 29.6 Å². The van der Waals surface area contributed by atoms with E-state index in [0.29, 0.717) is 45.1 Å². The number of amides is 11. The van der Waals surface area contributed by atoms with Crippen LogP contribution in [0.4, 0.5) is 4.79 Å². The minimum absolute atomic E-state index is 0.00219. The van der Waals surface area contributed by atoms with E-state index < -0.39 is 126 Å². The number of urea groups is 1. The topological polar surface area (TPSA) is 326 Å². The van der Waals surface area contributed by atoms with Crippen molar-refractivity contribution in [3.63, 3.8) is 0 Å². The molecule has 0 spiro atoms. The Balaban J connectivity index is 1.80. The summed E-state index contributed by atoms with van der Waals surface area (Å²) in [6.07, 6.45) is 4.14. The maximum absolute atomic E-state index is 14.9. The molecule has 1 saturated heterocycles. The second-order valence-corrected chi connectivity index (χ2v) is 23.3. The third kappa shape index (κ3) is 20.7. The Kier molecular flexibility index (Phi) is 29.5. The van der Waals surface area contributed by atoms with Crippen LogP contribution in [-0.2, 0) is 63.8 Å². The summed E-state index contributed by atoms with van der Waals surface area (Å²) in [4.78, 5) is 153. The van der Waals surface area contributed by atoms with Crippen molar-refractivity contribution in [2.24, 2.45) is 35.3 Å². The molecule has 24 nitrogen and oxygen atoms in total. The zero-order valence-corrected chi connectivity index (χ0v) is 51.6.